The van der Waals surface area contributed by atoms with Crippen LogP contribution < -0.4 is 10.1 Å². The van der Waals surface area contributed by atoms with Gasteiger partial charge in [0.15, 0.2) is 0 Å². The smallest absolute Gasteiger partial charge is 0.208 e. The Labute approximate surface area is 168 Å². The summed E-state index contributed by atoms with van der Waals surface area (Å²) in [6, 6.07) is 25.9. The van der Waals surface area contributed by atoms with Crippen molar-refractivity contribution in [1.82, 2.24) is 14.5 Å². The molecule has 2 heterocycles. The summed E-state index contributed by atoms with van der Waals surface area (Å²) in [6.45, 7) is 1.99. The topological polar surface area (TPSA) is 52.0 Å². The Morgan fingerprint density at radius 2 is 1.59 bits per heavy atom. The predicted octanol–water partition coefficient (Wildman–Crippen LogP) is 5.97. The first kappa shape index (κ1) is 17.3. The SMILES string of the molecule is Cc1cc(Nc2nc3ccccc3n2C)c2cc(Oc3ccccc3)ccc2n1. The second-order valence-corrected chi connectivity index (χ2v) is 7.01. The van der Waals surface area contributed by atoms with Crippen LogP contribution in [0.1, 0.15) is 5.69 Å². The standard InChI is InChI=1S/C24H20N4O/c1-16-14-22(27-24-26-21-10-6-7-11-23(21)28(24)2)19-15-18(12-13-20(19)25-16)29-17-8-4-3-5-9-17/h3-15H,1-2H3,(H,25,26,27). The van der Waals surface area contributed by atoms with E-state index in [2.05, 4.69) is 20.9 Å². The molecule has 0 aliphatic heterocycles. The highest BCUT2D eigenvalue weighted by molar-refractivity contribution is 5.94. The van der Waals surface area contributed by atoms with Gasteiger partial charge in [-0.05, 0) is 55.5 Å². The lowest BCUT2D eigenvalue weighted by molar-refractivity contribution is 0.483. The number of imidazole rings is 1. The molecule has 0 radical (unpaired) electrons. The molecule has 2 aromatic heterocycles. The van der Waals surface area contributed by atoms with E-state index in [1.165, 1.54) is 0 Å². The number of benzene rings is 3. The number of nitrogens with zero attached hydrogens (tertiary/aromatic N) is 3. The summed E-state index contributed by atoms with van der Waals surface area (Å²) in [7, 11) is 2.01. The van der Waals surface area contributed by atoms with Crippen LogP contribution in [0.4, 0.5) is 11.6 Å². The van der Waals surface area contributed by atoms with Gasteiger partial charge in [0.1, 0.15) is 11.5 Å². The average molecular weight is 380 g/mol. The highest BCUT2D eigenvalue weighted by atomic mass is 16.5. The second kappa shape index (κ2) is 6.95. The molecule has 0 spiro atoms. The molecule has 0 fully saturated rings. The number of aryl methyl sites for hydroxylation is 2. The van der Waals surface area contributed by atoms with Crippen LogP contribution in [-0.4, -0.2) is 14.5 Å². The van der Waals surface area contributed by atoms with Gasteiger partial charge >= 0.3 is 0 Å². The van der Waals surface area contributed by atoms with E-state index >= 15 is 0 Å². The molecule has 0 bridgehead atoms. The lowest BCUT2D eigenvalue weighted by Gasteiger charge is -2.12. The number of para-hydroxylation sites is 3. The molecule has 5 heteroatoms. The lowest BCUT2D eigenvalue weighted by atomic mass is 10.1. The van der Waals surface area contributed by atoms with Gasteiger partial charge in [0.05, 0.1) is 22.2 Å². The predicted molar refractivity (Wildman–Crippen MR) is 117 cm³/mol. The Balaban J connectivity index is 1.58. The monoisotopic (exact) mass is 380 g/mol. The molecule has 0 aliphatic carbocycles. The maximum Gasteiger partial charge on any atom is 0.208 e. The van der Waals surface area contributed by atoms with E-state index < -0.39 is 0 Å². The van der Waals surface area contributed by atoms with Gasteiger partial charge in [-0.15, -0.1) is 0 Å². The molecule has 0 amide bonds. The molecule has 3 aromatic carbocycles. The molecular weight excluding hydrogens is 360 g/mol. The number of hydrogen-bond donors (Lipinski definition) is 1. The second-order valence-electron chi connectivity index (χ2n) is 7.01. The van der Waals surface area contributed by atoms with Crippen LogP contribution in [0.5, 0.6) is 11.5 Å². The summed E-state index contributed by atoms with van der Waals surface area (Å²) in [4.78, 5) is 9.40. The first-order valence-electron chi connectivity index (χ1n) is 9.50. The molecule has 5 aromatic rings. The number of fused-ring (bicyclic) bond motifs is 2. The Morgan fingerprint density at radius 3 is 2.41 bits per heavy atom. The number of nitrogens with one attached hydrogen (secondary N) is 1. The summed E-state index contributed by atoms with van der Waals surface area (Å²) in [5.41, 5.74) is 4.84. The van der Waals surface area contributed by atoms with Crippen molar-refractivity contribution in [1.29, 1.82) is 0 Å². The van der Waals surface area contributed by atoms with Crippen LogP contribution in [-0.2, 0) is 7.05 Å². The molecule has 0 saturated carbocycles. The number of ether oxygens (including phenoxy) is 1. The Hall–Kier alpha value is -3.86. The number of aromatic nitrogens is 3. The zero-order valence-electron chi connectivity index (χ0n) is 16.3. The van der Waals surface area contributed by atoms with Gasteiger partial charge in [-0.2, -0.15) is 0 Å². The fraction of sp³-hybridized carbons (Fsp3) is 0.0833. The summed E-state index contributed by atoms with van der Waals surface area (Å²) < 4.78 is 8.07. The maximum absolute atomic E-state index is 6.02. The largest absolute Gasteiger partial charge is 0.457 e. The third kappa shape index (κ3) is 3.27. The fourth-order valence-corrected chi connectivity index (χ4v) is 3.51. The van der Waals surface area contributed by atoms with Gasteiger partial charge in [-0.3, -0.25) is 4.98 Å². The minimum absolute atomic E-state index is 0.766. The van der Waals surface area contributed by atoms with Crippen LogP contribution in [0.15, 0.2) is 78.9 Å². The minimum atomic E-state index is 0.766. The van der Waals surface area contributed by atoms with Crippen LogP contribution in [0, 0.1) is 6.92 Å². The third-order valence-corrected chi connectivity index (χ3v) is 4.92. The third-order valence-electron chi connectivity index (χ3n) is 4.92. The number of hydrogen-bond acceptors (Lipinski definition) is 4. The molecule has 29 heavy (non-hydrogen) atoms. The van der Waals surface area contributed by atoms with Gasteiger partial charge in [0.25, 0.3) is 0 Å². The van der Waals surface area contributed by atoms with Gasteiger partial charge in [0.2, 0.25) is 5.95 Å². The van der Waals surface area contributed by atoms with Gasteiger partial charge in [-0.25, -0.2) is 4.98 Å². The van der Waals surface area contributed by atoms with Crippen LogP contribution in [0.3, 0.4) is 0 Å². The van der Waals surface area contributed by atoms with Gasteiger partial charge in [-0.1, -0.05) is 30.3 Å². The quantitative estimate of drug-likeness (QED) is 0.418. The molecule has 5 rings (SSSR count). The summed E-state index contributed by atoms with van der Waals surface area (Å²) in [5, 5.41) is 4.48. The maximum atomic E-state index is 6.02. The van der Waals surface area contributed by atoms with E-state index in [4.69, 9.17) is 9.72 Å². The Bertz CT molecular complexity index is 1330. The van der Waals surface area contributed by atoms with E-state index in [-0.39, 0.29) is 0 Å². The number of pyridine rings is 1. The Kier molecular flexibility index (Phi) is 4.13. The number of anilines is 2. The zero-order chi connectivity index (χ0) is 19.8. The van der Waals surface area contributed by atoms with Crippen molar-refractivity contribution in [2.75, 3.05) is 5.32 Å². The van der Waals surface area contributed by atoms with Crippen LogP contribution in [0.25, 0.3) is 21.9 Å². The van der Waals surface area contributed by atoms with Crippen LogP contribution in [0.2, 0.25) is 0 Å². The molecule has 1 N–H and O–H groups in total. The summed E-state index contributed by atoms with van der Waals surface area (Å²) in [5.74, 6) is 2.35. The average Bonchev–Trinajstić information content (AvgIpc) is 3.05. The Morgan fingerprint density at radius 1 is 0.793 bits per heavy atom. The highest BCUT2D eigenvalue weighted by Gasteiger charge is 2.11. The molecule has 5 nitrogen and oxygen atoms in total. The van der Waals surface area contributed by atoms with E-state index in [0.29, 0.717) is 0 Å². The van der Waals surface area contributed by atoms with Crippen LogP contribution >= 0.6 is 0 Å². The minimum Gasteiger partial charge on any atom is -0.457 e. The van der Waals surface area contributed by atoms with Crippen molar-refractivity contribution in [3.63, 3.8) is 0 Å². The normalized spacial score (nSPS) is 11.1. The molecule has 0 aliphatic rings. The van der Waals surface area contributed by atoms with Crippen molar-refractivity contribution in [2.45, 2.75) is 6.92 Å². The van der Waals surface area contributed by atoms with Gasteiger partial charge in [0, 0.05) is 18.1 Å². The van der Waals surface area contributed by atoms with E-state index in [1.54, 1.807) is 0 Å². The number of rotatable bonds is 4. The molecule has 0 unspecified atom stereocenters. The molecular formula is C24H20N4O. The zero-order valence-corrected chi connectivity index (χ0v) is 16.3. The summed E-state index contributed by atoms with van der Waals surface area (Å²) >= 11 is 0. The molecule has 142 valence electrons. The first-order chi connectivity index (χ1) is 14.2. The van der Waals surface area contributed by atoms with Crippen molar-refractivity contribution in [3.8, 4) is 11.5 Å². The summed E-state index contributed by atoms with van der Waals surface area (Å²) in [6.07, 6.45) is 0. The highest BCUT2D eigenvalue weighted by Crippen LogP contribution is 2.32. The van der Waals surface area contributed by atoms with E-state index in [9.17, 15) is 0 Å². The van der Waals surface area contributed by atoms with Crippen molar-refractivity contribution < 1.29 is 4.74 Å². The fourth-order valence-electron chi connectivity index (χ4n) is 3.51. The van der Waals surface area contributed by atoms with E-state index in [0.717, 1.165) is 50.8 Å². The lowest BCUT2D eigenvalue weighted by Crippen LogP contribution is -2.01. The molecule has 0 saturated heterocycles. The van der Waals surface area contributed by atoms with Crippen molar-refractivity contribution in [2.24, 2.45) is 7.05 Å². The van der Waals surface area contributed by atoms with Crippen molar-refractivity contribution in [3.05, 3.63) is 84.6 Å². The van der Waals surface area contributed by atoms with Crippen molar-refractivity contribution >= 4 is 33.6 Å². The first-order valence-corrected chi connectivity index (χ1v) is 9.50. The molecule has 0 atom stereocenters. The van der Waals surface area contributed by atoms with Gasteiger partial charge < -0.3 is 14.6 Å². The van der Waals surface area contributed by atoms with E-state index in [1.807, 2.05) is 86.8 Å².